The number of piperidine rings is 1. The predicted molar refractivity (Wildman–Crippen MR) is 120 cm³/mol. The third-order valence-corrected chi connectivity index (χ3v) is 8.07. The molecular weight excluding hydrogens is 400 g/mol. The average Bonchev–Trinajstić information content (AvgIpc) is 2.92. The van der Waals surface area contributed by atoms with Crippen LogP contribution in [0.1, 0.15) is 24.0 Å². The number of nitrogens with one attached hydrogen (secondary N) is 1. The van der Waals surface area contributed by atoms with Crippen molar-refractivity contribution in [1.29, 1.82) is 0 Å². The Morgan fingerprint density at radius 1 is 1.03 bits per heavy atom. The fourth-order valence-corrected chi connectivity index (χ4v) is 5.93. The van der Waals surface area contributed by atoms with E-state index in [0.29, 0.717) is 38.2 Å². The van der Waals surface area contributed by atoms with Crippen LogP contribution in [-0.4, -0.2) is 51.9 Å². The van der Waals surface area contributed by atoms with E-state index in [4.69, 9.17) is 0 Å². The van der Waals surface area contributed by atoms with Gasteiger partial charge in [0.05, 0.1) is 17.9 Å². The highest BCUT2D eigenvalue weighted by Crippen LogP contribution is 2.42. The predicted octanol–water partition coefficient (Wildman–Crippen LogP) is 2.91. The van der Waals surface area contributed by atoms with E-state index < -0.39 is 10.2 Å². The summed E-state index contributed by atoms with van der Waals surface area (Å²) < 4.78 is 28.8. The molecule has 160 valence electrons. The third kappa shape index (κ3) is 3.65. The monoisotopic (exact) mass is 428 g/mol. The van der Waals surface area contributed by atoms with Gasteiger partial charge in [-0.2, -0.15) is 8.42 Å². The summed E-state index contributed by atoms with van der Waals surface area (Å²) in [6, 6.07) is 13.2. The molecule has 2 aromatic carbocycles. The number of fused-ring (bicyclic) bond motifs is 1. The first kappa shape index (κ1) is 20.7. The van der Waals surface area contributed by atoms with Gasteiger partial charge in [-0.1, -0.05) is 24.3 Å². The number of aryl methyl sites for hydroxylation is 1. The molecule has 0 bridgehead atoms. The van der Waals surface area contributed by atoms with Crippen molar-refractivity contribution in [3.63, 3.8) is 0 Å². The first-order valence-corrected chi connectivity index (χ1v) is 11.6. The fourth-order valence-electron chi connectivity index (χ4n) is 4.27. The average molecular weight is 429 g/mol. The number of carbonyl (C=O) groups is 1. The van der Waals surface area contributed by atoms with Gasteiger partial charge in [-0.3, -0.25) is 14.0 Å². The van der Waals surface area contributed by atoms with Crippen LogP contribution < -0.4 is 13.9 Å². The zero-order valence-corrected chi connectivity index (χ0v) is 18.4. The molecule has 2 heterocycles. The largest absolute Gasteiger partial charge is 0.326 e. The molecule has 0 spiro atoms. The molecule has 1 N–H and O–H groups in total. The molecule has 0 aromatic heterocycles. The highest BCUT2D eigenvalue weighted by atomic mass is 32.2. The topological polar surface area (TPSA) is 73.0 Å². The third-order valence-electron chi connectivity index (χ3n) is 6.19. The molecule has 0 aliphatic carbocycles. The minimum atomic E-state index is -3.55. The van der Waals surface area contributed by atoms with Crippen LogP contribution in [-0.2, 0) is 15.0 Å². The summed E-state index contributed by atoms with van der Waals surface area (Å²) in [4.78, 5) is 14.6. The lowest BCUT2D eigenvalue weighted by Gasteiger charge is -2.36. The van der Waals surface area contributed by atoms with E-state index in [0.717, 1.165) is 22.5 Å². The summed E-state index contributed by atoms with van der Waals surface area (Å²) in [5.41, 5.74) is 4.52. The molecule has 8 heteroatoms. The molecule has 0 unspecified atom stereocenters. The first-order chi connectivity index (χ1) is 14.3. The summed E-state index contributed by atoms with van der Waals surface area (Å²) in [6.45, 7) is 5.70. The van der Waals surface area contributed by atoms with E-state index >= 15 is 0 Å². The molecule has 0 radical (unpaired) electrons. The van der Waals surface area contributed by atoms with Crippen LogP contribution in [0.25, 0.3) is 0 Å². The van der Waals surface area contributed by atoms with Crippen molar-refractivity contribution < 1.29 is 13.2 Å². The lowest BCUT2D eigenvalue weighted by atomic mass is 10.0. The lowest BCUT2D eigenvalue weighted by molar-refractivity contribution is -0.117. The minimum absolute atomic E-state index is 0.0407. The van der Waals surface area contributed by atoms with Gasteiger partial charge in [0.2, 0.25) is 5.91 Å². The van der Waals surface area contributed by atoms with Crippen molar-refractivity contribution >= 4 is 33.2 Å². The van der Waals surface area contributed by atoms with Gasteiger partial charge in [-0.15, -0.1) is 0 Å². The Bertz CT molecular complexity index is 1060. The number of para-hydroxylation sites is 2. The van der Waals surface area contributed by atoms with Gasteiger partial charge < -0.3 is 5.32 Å². The number of nitrogens with zero attached hydrogens (tertiary/aromatic N) is 3. The standard InChI is InChI=1S/C22H28N4O3S/c1-16-7-6-8-19(17(16)2)23-22(27)15-25-13-11-18(12-14-25)26-21-10-5-4-9-20(21)24(3)30(26,28)29/h4-10,18H,11-15H2,1-3H3,(H,23,27). The number of hydrogen-bond donors (Lipinski definition) is 1. The molecule has 4 rings (SSSR count). The second kappa shape index (κ2) is 7.92. The van der Waals surface area contributed by atoms with Gasteiger partial charge in [-0.25, -0.2) is 4.31 Å². The van der Waals surface area contributed by atoms with Crippen molar-refractivity contribution in [3.8, 4) is 0 Å². The Labute approximate surface area is 178 Å². The van der Waals surface area contributed by atoms with E-state index in [1.54, 1.807) is 11.4 Å². The maximum Gasteiger partial charge on any atom is 0.326 e. The van der Waals surface area contributed by atoms with Crippen molar-refractivity contribution in [2.45, 2.75) is 32.7 Å². The molecular formula is C22H28N4O3S. The quantitative estimate of drug-likeness (QED) is 0.813. The van der Waals surface area contributed by atoms with Gasteiger partial charge in [0, 0.05) is 31.9 Å². The van der Waals surface area contributed by atoms with Gasteiger partial charge in [0.1, 0.15) is 0 Å². The number of amides is 1. The van der Waals surface area contributed by atoms with Crippen LogP contribution in [0.3, 0.4) is 0 Å². The summed E-state index contributed by atoms with van der Waals surface area (Å²) in [5.74, 6) is -0.0407. The zero-order valence-electron chi connectivity index (χ0n) is 17.6. The molecule has 2 aliphatic rings. The van der Waals surface area contributed by atoms with E-state index in [2.05, 4.69) is 10.2 Å². The molecule has 1 saturated heterocycles. The summed E-state index contributed by atoms with van der Waals surface area (Å²) in [5, 5.41) is 3.00. The second-order valence-electron chi connectivity index (χ2n) is 8.06. The Hall–Kier alpha value is -2.58. The maximum atomic E-state index is 12.9. The summed E-state index contributed by atoms with van der Waals surface area (Å²) in [6.07, 6.45) is 1.39. The summed E-state index contributed by atoms with van der Waals surface area (Å²) in [7, 11) is -1.95. The highest BCUT2D eigenvalue weighted by molar-refractivity contribution is 7.94. The molecule has 7 nitrogen and oxygen atoms in total. The second-order valence-corrected chi connectivity index (χ2v) is 9.90. The van der Waals surface area contributed by atoms with Crippen LogP contribution in [0.15, 0.2) is 42.5 Å². The maximum absolute atomic E-state index is 12.9. The Morgan fingerprint density at radius 3 is 2.40 bits per heavy atom. The number of hydrogen-bond acceptors (Lipinski definition) is 4. The van der Waals surface area contributed by atoms with Crippen molar-refractivity contribution in [1.82, 2.24) is 4.90 Å². The fraction of sp³-hybridized carbons (Fsp3) is 0.409. The van der Waals surface area contributed by atoms with Gasteiger partial charge in [-0.05, 0) is 56.0 Å². The van der Waals surface area contributed by atoms with Crippen LogP contribution in [0.2, 0.25) is 0 Å². The number of anilines is 3. The molecule has 1 fully saturated rings. The van der Waals surface area contributed by atoms with E-state index in [9.17, 15) is 13.2 Å². The van der Waals surface area contributed by atoms with E-state index in [1.165, 1.54) is 4.31 Å². The first-order valence-electron chi connectivity index (χ1n) is 10.2. The number of likely N-dealkylation sites (tertiary alicyclic amines) is 1. The molecule has 0 saturated carbocycles. The molecule has 1 amide bonds. The normalized spacial score (nSPS) is 19.0. The Morgan fingerprint density at radius 2 is 1.70 bits per heavy atom. The van der Waals surface area contributed by atoms with Crippen molar-refractivity contribution in [3.05, 3.63) is 53.6 Å². The smallest absolute Gasteiger partial charge is 0.325 e. The van der Waals surface area contributed by atoms with Crippen molar-refractivity contribution in [2.24, 2.45) is 0 Å². The molecule has 0 atom stereocenters. The van der Waals surface area contributed by atoms with Crippen LogP contribution in [0.4, 0.5) is 17.1 Å². The van der Waals surface area contributed by atoms with E-state index in [1.807, 2.05) is 56.3 Å². The SMILES string of the molecule is Cc1cccc(NC(=O)CN2CCC(N3c4ccccc4N(C)S3(=O)=O)CC2)c1C. The zero-order chi connectivity index (χ0) is 21.5. The molecule has 2 aliphatic heterocycles. The van der Waals surface area contributed by atoms with Gasteiger partial charge in [0.15, 0.2) is 0 Å². The molecule has 30 heavy (non-hydrogen) atoms. The number of rotatable bonds is 4. The summed E-state index contributed by atoms with van der Waals surface area (Å²) >= 11 is 0. The van der Waals surface area contributed by atoms with Crippen LogP contribution >= 0.6 is 0 Å². The van der Waals surface area contributed by atoms with Crippen LogP contribution in [0, 0.1) is 13.8 Å². The minimum Gasteiger partial charge on any atom is -0.325 e. The van der Waals surface area contributed by atoms with Gasteiger partial charge >= 0.3 is 10.2 Å². The Kier molecular flexibility index (Phi) is 5.46. The van der Waals surface area contributed by atoms with Crippen molar-refractivity contribution in [2.75, 3.05) is 40.6 Å². The Balaban J connectivity index is 1.39. The number of benzene rings is 2. The molecule has 2 aromatic rings. The number of carbonyl (C=O) groups excluding carboxylic acids is 1. The van der Waals surface area contributed by atoms with Crippen LogP contribution in [0.5, 0.6) is 0 Å². The van der Waals surface area contributed by atoms with Gasteiger partial charge in [0.25, 0.3) is 0 Å². The lowest BCUT2D eigenvalue weighted by Crippen LogP contribution is -2.49. The van der Waals surface area contributed by atoms with E-state index in [-0.39, 0.29) is 11.9 Å². The highest BCUT2D eigenvalue weighted by Gasteiger charge is 2.42.